The first-order valence-electron chi connectivity index (χ1n) is 5.39. The van der Waals surface area contributed by atoms with Crippen LogP contribution in [0.15, 0.2) is 12.1 Å². The van der Waals surface area contributed by atoms with Gasteiger partial charge < -0.3 is 20.1 Å². The van der Waals surface area contributed by atoms with Gasteiger partial charge in [0, 0.05) is 26.3 Å². The number of ether oxygens (including phenoxy) is 2. The Labute approximate surface area is 109 Å². The monoisotopic (exact) mass is 269 g/mol. The Kier molecular flexibility index (Phi) is 5.07. The molecular formula is C11H15N3O5. The Balaban J connectivity index is 3.16. The molecule has 8 nitrogen and oxygen atoms in total. The molecule has 0 unspecified atom stereocenters. The smallest absolute Gasteiger partial charge is 0.294 e. The van der Waals surface area contributed by atoms with Gasteiger partial charge in [-0.25, -0.2) is 0 Å². The minimum absolute atomic E-state index is 0.0273. The lowest BCUT2D eigenvalue weighted by atomic mass is 10.2. The van der Waals surface area contributed by atoms with Gasteiger partial charge in [-0.1, -0.05) is 0 Å². The molecule has 0 radical (unpaired) electrons. The van der Waals surface area contributed by atoms with Crippen LogP contribution in [0, 0.1) is 10.1 Å². The Morgan fingerprint density at radius 2 is 2.16 bits per heavy atom. The van der Waals surface area contributed by atoms with Crippen LogP contribution in [0.1, 0.15) is 0 Å². The van der Waals surface area contributed by atoms with Crippen molar-refractivity contribution in [3.63, 3.8) is 0 Å². The van der Waals surface area contributed by atoms with Crippen LogP contribution in [0.25, 0.3) is 0 Å². The van der Waals surface area contributed by atoms with Crippen molar-refractivity contribution in [2.45, 2.75) is 0 Å². The quantitative estimate of drug-likeness (QED) is 0.258. The highest BCUT2D eigenvalue weighted by Crippen LogP contribution is 2.36. The first-order chi connectivity index (χ1) is 9.01. The average molecular weight is 269 g/mol. The summed E-state index contributed by atoms with van der Waals surface area (Å²) < 4.78 is 10.2. The number of nitrogens with zero attached hydrogens (tertiary/aromatic N) is 2. The van der Waals surface area contributed by atoms with Gasteiger partial charge in [0.2, 0.25) is 6.41 Å². The molecule has 1 aromatic rings. The molecule has 0 atom stereocenters. The number of carbonyl (C=O) groups excluding carboxylic acids is 1. The van der Waals surface area contributed by atoms with E-state index in [2.05, 4.69) is 0 Å². The molecule has 104 valence electrons. The molecule has 2 N–H and O–H groups in total. The zero-order valence-electron chi connectivity index (χ0n) is 10.7. The van der Waals surface area contributed by atoms with E-state index in [0.717, 1.165) is 0 Å². The second-order valence-corrected chi connectivity index (χ2v) is 3.69. The number of hydrogen-bond donors (Lipinski definition) is 1. The number of nitro groups is 1. The Morgan fingerprint density at radius 3 is 2.68 bits per heavy atom. The van der Waals surface area contributed by atoms with Crippen LogP contribution in [0.5, 0.6) is 5.75 Å². The van der Waals surface area contributed by atoms with Crippen molar-refractivity contribution in [2.24, 2.45) is 0 Å². The number of nitrogen functional groups attached to an aromatic ring is 1. The van der Waals surface area contributed by atoms with Crippen molar-refractivity contribution in [1.82, 2.24) is 0 Å². The van der Waals surface area contributed by atoms with Crippen molar-refractivity contribution in [2.75, 3.05) is 38.0 Å². The van der Waals surface area contributed by atoms with Crippen molar-refractivity contribution in [1.29, 1.82) is 0 Å². The molecule has 0 bridgehead atoms. The molecule has 0 saturated heterocycles. The number of rotatable bonds is 7. The number of hydrogen-bond acceptors (Lipinski definition) is 6. The third-order valence-electron chi connectivity index (χ3n) is 2.39. The standard InChI is InChI=1S/C11H15N3O5/c1-13(7-15)10-6-9(14(16)17)8(12)5-11(10)19-4-3-18-2/h5-7H,3-4,12H2,1-2H3. The summed E-state index contributed by atoms with van der Waals surface area (Å²) in [5.74, 6) is 0.287. The molecule has 0 fully saturated rings. The van der Waals surface area contributed by atoms with E-state index in [1.54, 1.807) is 0 Å². The molecule has 8 heteroatoms. The van der Waals surface area contributed by atoms with Crippen LogP contribution < -0.4 is 15.4 Å². The van der Waals surface area contributed by atoms with Gasteiger partial charge in [-0.15, -0.1) is 0 Å². The maximum atomic E-state index is 10.8. The third-order valence-corrected chi connectivity index (χ3v) is 2.39. The van der Waals surface area contributed by atoms with E-state index in [9.17, 15) is 14.9 Å². The number of benzene rings is 1. The number of carbonyl (C=O) groups is 1. The van der Waals surface area contributed by atoms with Crippen molar-refractivity contribution in [3.8, 4) is 5.75 Å². The second-order valence-electron chi connectivity index (χ2n) is 3.69. The summed E-state index contributed by atoms with van der Waals surface area (Å²) in [6.45, 7) is 0.592. The summed E-state index contributed by atoms with van der Waals surface area (Å²) in [5, 5.41) is 10.8. The van der Waals surface area contributed by atoms with Crippen LogP contribution in [-0.4, -0.2) is 38.7 Å². The average Bonchev–Trinajstić information content (AvgIpc) is 2.38. The molecule has 1 rings (SSSR count). The molecular weight excluding hydrogens is 254 g/mol. The third kappa shape index (κ3) is 3.55. The maximum absolute atomic E-state index is 10.8. The highest BCUT2D eigenvalue weighted by atomic mass is 16.6. The molecule has 0 spiro atoms. The lowest BCUT2D eigenvalue weighted by Gasteiger charge is -2.17. The van der Waals surface area contributed by atoms with Crippen LogP contribution >= 0.6 is 0 Å². The molecule has 19 heavy (non-hydrogen) atoms. The summed E-state index contributed by atoms with van der Waals surface area (Å²) in [6.07, 6.45) is 0.526. The number of nitro benzene ring substituents is 1. The second kappa shape index (κ2) is 6.55. The molecule has 0 aliphatic carbocycles. The van der Waals surface area contributed by atoms with Crippen molar-refractivity contribution < 1.29 is 19.2 Å². The van der Waals surface area contributed by atoms with Crippen molar-refractivity contribution >= 4 is 23.5 Å². The number of nitrogens with two attached hydrogens (primary N) is 1. The van der Waals surface area contributed by atoms with Gasteiger partial charge in [0.1, 0.15) is 18.0 Å². The molecule has 0 aliphatic rings. The van der Waals surface area contributed by atoms with Gasteiger partial charge in [-0.3, -0.25) is 14.9 Å². The topological polar surface area (TPSA) is 108 Å². The minimum Gasteiger partial charge on any atom is -0.489 e. The maximum Gasteiger partial charge on any atom is 0.294 e. The van der Waals surface area contributed by atoms with Crippen LogP contribution in [-0.2, 0) is 9.53 Å². The first-order valence-corrected chi connectivity index (χ1v) is 5.39. The zero-order chi connectivity index (χ0) is 14.4. The fourth-order valence-electron chi connectivity index (χ4n) is 1.41. The lowest BCUT2D eigenvalue weighted by molar-refractivity contribution is -0.383. The zero-order valence-corrected chi connectivity index (χ0v) is 10.7. The summed E-state index contributed by atoms with van der Waals surface area (Å²) in [6, 6.07) is 2.52. The number of methoxy groups -OCH3 is 1. The van der Waals surface area contributed by atoms with Gasteiger partial charge in [-0.05, 0) is 0 Å². The van der Waals surface area contributed by atoms with Gasteiger partial charge in [0.05, 0.1) is 17.2 Å². The summed E-state index contributed by atoms with van der Waals surface area (Å²) in [5.41, 5.74) is 5.55. The minimum atomic E-state index is -0.615. The van der Waals surface area contributed by atoms with Gasteiger partial charge >= 0.3 is 0 Å². The van der Waals surface area contributed by atoms with E-state index in [0.29, 0.717) is 13.0 Å². The Bertz CT molecular complexity index is 478. The van der Waals surface area contributed by atoms with Crippen LogP contribution in [0.2, 0.25) is 0 Å². The van der Waals surface area contributed by atoms with Crippen molar-refractivity contribution in [3.05, 3.63) is 22.2 Å². The summed E-state index contributed by atoms with van der Waals surface area (Å²) >= 11 is 0. The highest BCUT2D eigenvalue weighted by molar-refractivity contribution is 5.82. The number of anilines is 2. The van der Waals surface area contributed by atoms with E-state index in [-0.39, 0.29) is 29.4 Å². The van der Waals surface area contributed by atoms with Gasteiger partial charge in [0.15, 0.2) is 0 Å². The molecule has 0 heterocycles. The Morgan fingerprint density at radius 1 is 1.47 bits per heavy atom. The van der Waals surface area contributed by atoms with E-state index < -0.39 is 4.92 Å². The molecule has 0 saturated carbocycles. The first kappa shape index (κ1) is 14.7. The largest absolute Gasteiger partial charge is 0.489 e. The summed E-state index contributed by atoms with van der Waals surface area (Å²) in [4.78, 5) is 22.2. The normalized spacial score (nSPS) is 10.0. The van der Waals surface area contributed by atoms with Crippen LogP contribution in [0.4, 0.5) is 17.1 Å². The summed E-state index contributed by atoms with van der Waals surface area (Å²) in [7, 11) is 2.98. The fraction of sp³-hybridized carbons (Fsp3) is 0.364. The van der Waals surface area contributed by atoms with Gasteiger partial charge in [0.25, 0.3) is 5.69 Å². The van der Waals surface area contributed by atoms with E-state index in [4.69, 9.17) is 15.2 Å². The molecule has 1 amide bonds. The molecule has 0 aliphatic heterocycles. The van der Waals surface area contributed by atoms with Gasteiger partial charge in [-0.2, -0.15) is 0 Å². The predicted octanol–water partition coefficient (Wildman–Crippen LogP) is 0.795. The van der Waals surface area contributed by atoms with E-state index in [1.807, 2.05) is 0 Å². The molecule has 1 aromatic carbocycles. The number of amides is 1. The molecule has 0 aromatic heterocycles. The van der Waals surface area contributed by atoms with E-state index in [1.165, 1.54) is 31.2 Å². The lowest BCUT2D eigenvalue weighted by Crippen LogP contribution is -2.16. The SMILES string of the molecule is COCCOc1cc(N)c([N+](=O)[O-])cc1N(C)C=O. The predicted molar refractivity (Wildman–Crippen MR) is 69.3 cm³/mol. The Hall–Kier alpha value is -2.35. The van der Waals surface area contributed by atoms with E-state index >= 15 is 0 Å². The van der Waals surface area contributed by atoms with Crippen LogP contribution in [0.3, 0.4) is 0 Å². The highest BCUT2D eigenvalue weighted by Gasteiger charge is 2.19. The fourth-order valence-corrected chi connectivity index (χ4v) is 1.41.